The van der Waals surface area contributed by atoms with Crippen LogP contribution in [0, 0.1) is 6.92 Å². The zero-order chi connectivity index (χ0) is 30.8. The van der Waals surface area contributed by atoms with Crippen molar-refractivity contribution in [2.75, 3.05) is 0 Å². The van der Waals surface area contributed by atoms with Gasteiger partial charge in [-0.2, -0.15) is 0 Å². The van der Waals surface area contributed by atoms with Crippen LogP contribution in [0.15, 0.2) is 102 Å². The molecule has 0 radical (unpaired) electrons. The van der Waals surface area contributed by atoms with Crippen molar-refractivity contribution >= 4 is 17.0 Å². The van der Waals surface area contributed by atoms with Crippen molar-refractivity contribution in [3.63, 3.8) is 0 Å². The lowest BCUT2D eigenvalue weighted by atomic mass is 9.98. The summed E-state index contributed by atoms with van der Waals surface area (Å²) in [7, 11) is 0. The molecule has 0 aliphatic rings. The first kappa shape index (κ1) is 29.1. The Morgan fingerprint density at radius 2 is 1.59 bits per heavy atom. The normalized spacial score (nSPS) is 11.7. The SMILES string of the molecule is CCCc1nc2c(C)cc(-c3coc(-c4ccccc4)n3)cc2n1Cc1ccc(-c2ccccc2C(=O)OC(C)(C)C)cc1. The van der Waals surface area contributed by atoms with Gasteiger partial charge in [0, 0.05) is 24.1 Å². The molecule has 6 heteroatoms. The highest BCUT2D eigenvalue weighted by molar-refractivity contribution is 5.97. The highest BCUT2D eigenvalue weighted by Crippen LogP contribution is 2.31. The highest BCUT2D eigenvalue weighted by Gasteiger charge is 2.21. The van der Waals surface area contributed by atoms with Crippen LogP contribution >= 0.6 is 0 Å². The smallest absolute Gasteiger partial charge is 0.339 e. The van der Waals surface area contributed by atoms with Crippen molar-refractivity contribution in [3.8, 4) is 33.8 Å². The summed E-state index contributed by atoms with van der Waals surface area (Å²) in [4.78, 5) is 22.8. The van der Waals surface area contributed by atoms with Crippen molar-refractivity contribution in [1.29, 1.82) is 0 Å². The minimum Gasteiger partial charge on any atom is -0.456 e. The number of aryl methyl sites for hydroxylation is 2. The van der Waals surface area contributed by atoms with Gasteiger partial charge in [0.15, 0.2) is 0 Å². The number of benzene rings is 4. The van der Waals surface area contributed by atoms with Crippen molar-refractivity contribution in [1.82, 2.24) is 14.5 Å². The third-order valence-electron chi connectivity index (χ3n) is 7.57. The summed E-state index contributed by atoms with van der Waals surface area (Å²) in [5.41, 5.74) is 8.91. The van der Waals surface area contributed by atoms with E-state index in [2.05, 4.69) is 54.8 Å². The molecule has 0 amide bonds. The Labute approximate surface area is 258 Å². The molecule has 6 aromatic rings. The summed E-state index contributed by atoms with van der Waals surface area (Å²) in [5.74, 6) is 1.35. The molecule has 0 N–H and O–H groups in total. The van der Waals surface area contributed by atoms with E-state index < -0.39 is 5.60 Å². The molecule has 2 heterocycles. The Bertz CT molecular complexity index is 1930. The van der Waals surface area contributed by atoms with Crippen LogP contribution in [0.1, 0.15) is 61.4 Å². The molecule has 4 aromatic carbocycles. The van der Waals surface area contributed by atoms with Gasteiger partial charge in [0.1, 0.15) is 23.4 Å². The number of oxazole rings is 1. The maximum Gasteiger partial charge on any atom is 0.339 e. The van der Waals surface area contributed by atoms with E-state index in [0.717, 1.165) is 68.8 Å². The number of carbonyl (C=O) groups is 1. The van der Waals surface area contributed by atoms with Gasteiger partial charge in [-0.25, -0.2) is 14.8 Å². The van der Waals surface area contributed by atoms with Crippen LogP contribution in [0.3, 0.4) is 0 Å². The third-order valence-corrected chi connectivity index (χ3v) is 7.57. The van der Waals surface area contributed by atoms with E-state index in [1.54, 1.807) is 6.26 Å². The average molecular weight is 584 g/mol. The maximum atomic E-state index is 12.9. The molecule has 44 heavy (non-hydrogen) atoms. The number of aromatic nitrogens is 3. The number of ether oxygens (including phenoxy) is 1. The molecule has 0 unspecified atom stereocenters. The Morgan fingerprint density at radius 1 is 0.864 bits per heavy atom. The van der Waals surface area contributed by atoms with Gasteiger partial charge in [-0.15, -0.1) is 0 Å². The molecule has 6 rings (SSSR count). The van der Waals surface area contributed by atoms with Crippen LogP contribution in [0.5, 0.6) is 0 Å². The first-order valence-corrected chi connectivity index (χ1v) is 15.1. The molecule has 0 atom stereocenters. The van der Waals surface area contributed by atoms with E-state index in [-0.39, 0.29) is 5.97 Å². The fraction of sp³-hybridized carbons (Fsp3) is 0.237. The number of fused-ring (bicyclic) bond motifs is 1. The Morgan fingerprint density at radius 3 is 2.32 bits per heavy atom. The molecule has 6 nitrogen and oxygen atoms in total. The lowest BCUT2D eigenvalue weighted by Gasteiger charge is -2.20. The van der Waals surface area contributed by atoms with Gasteiger partial charge in [-0.05, 0) is 86.7 Å². The molecule has 2 aromatic heterocycles. The van der Waals surface area contributed by atoms with E-state index in [0.29, 0.717) is 18.0 Å². The van der Waals surface area contributed by atoms with Gasteiger partial charge in [0.05, 0.1) is 16.6 Å². The minimum atomic E-state index is -0.562. The molecule has 0 aliphatic carbocycles. The number of esters is 1. The topological polar surface area (TPSA) is 70.2 Å². The summed E-state index contributed by atoms with van der Waals surface area (Å²) in [6.07, 6.45) is 3.61. The van der Waals surface area contributed by atoms with Crippen molar-refractivity contribution in [2.45, 2.75) is 59.6 Å². The molecule has 0 bridgehead atoms. The number of nitrogens with zero attached hydrogens (tertiary/aromatic N) is 3. The maximum absolute atomic E-state index is 12.9. The molecule has 0 aliphatic heterocycles. The molecular formula is C38H37N3O3. The molecule has 0 spiro atoms. The number of carbonyl (C=O) groups excluding carboxylic acids is 1. The Balaban J connectivity index is 1.33. The molecule has 0 fully saturated rings. The first-order chi connectivity index (χ1) is 21.2. The standard InChI is InChI=1S/C38H37N3O3/c1-6-12-34-40-35-25(2)21-29(32-24-43-36(39-32)28-13-8-7-9-14-28)22-33(35)41(34)23-26-17-19-27(20-18-26)30-15-10-11-16-31(30)37(42)44-38(3,4)5/h7-11,13-22,24H,6,12,23H2,1-5H3. The van der Waals surface area contributed by atoms with Gasteiger partial charge < -0.3 is 13.7 Å². The van der Waals surface area contributed by atoms with Crippen LogP contribution in [0.2, 0.25) is 0 Å². The lowest BCUT2D eigenvalue weighted by molar-refractivity contribution is 0.00704. The monoisotopic (exact) mass is 583 g/mol. The van der Waals surface area contributed by atoms with Crippen LogP contribution in [0.4, 0.5) is 0 Å². The molecule has 222 valence electrons. The molecule has 0 saturated carbocycles. The van der Waals surface area contributed by atoms with Crippen molar-refractivity contribution in [2.24, 2.45) is 0 Å². The second-order valence-corrected chi connectivity index (χ2v) is 12.2. The van der Waals surface area contributed by atoms with Crippen molar-refractivity contribution < 1.29 is 13.9 Å². The number of imidazole rings is 1. The third kappa shape index (κ3) is 6.06. The van der Waals surface area contributed by atoms with Gasteiger partial charge in [0.2, 0.25) is 5.89 Å². The minimum absolute atomic E-state index is 0.319. The van der Waals surface area contributed by atoms with E-state index in [1.165, 1.54) is 0 Å². The van der Waals surface area contributed by atoms with E-state index >= 15 is 0 Å². The van der Waals surface area contributed by atoms with E-state index in [1.807, 2.05) is 75.4 Å². The zero-order valence-electron chi connectivity index (χ0n) is 25.9. The van der Waals surface area contributed by atoms with Gasteiger partial charge in [0.25, 0.3) is 0 Å². The summed E-state index contributed by atoms with van der Waals surface area (Å²) >= 11 is 0. The quantitative estimate of drug-likeness (QED) is 0.167. The van der Waals surface area contributed by atoms with Gasteiger partial charge in [-0.3, -0.25) is 0 Å². The van der Waals surface area contributed by atoms with E-state index in [9.17, 15) is 4.79 Å². The highest BCUT2D eigenvalue weighted by atomic mass is 16.6. The number of rotatable bonds is 8. The summed E-state index contributed by atoms with van der Waals surface area (Å²) in [6.45, 7) is 10.6. The fourth-order valence-corrected chi connectivity index (χ4v) is 5.52. The zero-order valence-corrected chi connectivity index (χ0v) is 25.9. The second kappa shape index (κ2) is 12.0. The Kier molecular flexibility index (Phi) is 7.92. The van der Waals surface area contributed by atoms with Crippen LogP contribution in [-0.4, -0.2) is 26.1 Å². The van der Waals surface area contributed by atoms with Crippen LogP contribution in [-0.2, 0) is 17.7 Å². The summed E-state index contributed by atoms with van der Waals surface area (Å²) in [5, 5.41) is 0. The second-order valence-electron chi connectivity index (χ2n) is 12.2. The van der Waals surface area contributed by atoms with Crippen LogP contribution < -0.4 is 0 Å². The number of hydrogen-bond donors (Lipinski definition) is 0. The first-order valence-electron chi connectivity index (χ1n) is 15.1. The number of hydrogen-bond acceptors (Lipinski definition) is 5. The van der Waals surface area contributed by atoms with E-state index in [4.69, 9.17) is 19.1 Å². The predicted octanol–water partition coefficient (Wildman–Crippen LogP) is 9.29. The van der Waals surface area contributed by atoms with Gasteiger partial charge >= 0.3 is 5.97 Å². The fourth-order valence-electron chi connectivity index (χ4n) is 5.52. The molecular weight excluding hydrogens is 546 g/mol. The van der Waals surface area contributed by atoms with Crippen LogP contribution in [0.25, 0.3) is 44.9 Å². The van der Waals surface area contributed by atoms with Gasteiger partial charge in [-0.1, -0.05) is 67.6 Å². The predicted molar refractivity (Wildman–Crippen MR) is 176 cm³/mol. The largest absolute Gasteiger partial charge is 0.456 e. The summed E-state index contributed by atoms with van der Waals surface area (Å²) in [6, 6.07) is 30.3. The summed E-state index contributed by atoms with van der Waals surface area (Å²) < 4.78 is 13.8. The molecule has 0 saturated heterocycles. The lowest BCUT2D eigenvalue weighted by Crippen LogP contribution is -2.24. The Hall–Kier alpha value is -4.97. The average Bonchev–Trinajstić information content (AvgIpc) is 3.64. The van der Waals surface area contributed by atoms with Crippen molar-refractivity contribution in [3.05, 3.63) is 120 Å².